The highest BCUT2D eigenvalue weighted by Crippen LogP contribution is 2.12. The van der Waals surface area contributed by atoms with Gasteiger partial charge in [0.1, 0.15) is 11.8 Å². The number of ether oxygens (including phenoxy) is 1. The number of aliphatic hydroxyl groups is 1. The molecule has 2 unspecified atom stereocenters. The van der Waals surface area contributed by atoms with Gasteiger partial charge >= 0.3 is 6.09 Å². The third-order valence-corrected chi connectivity index (χ3v) is 2.97. The summed E-state index contributed by atoms with van der Waals surface area (Å²) in [6, 6.07) is -0.688. The Morgan fingerprint density at radius 2 is 1.95 bits per heavy atom. The van der Waals surface area contributed by atoms with E-state index in [1.165, 1.54) is 11.8 Å². The van der Waals surface area contributed by atoms with Gasteiger partial charge in [0, 0.05) is 20.0 Å². The maximum atomic E-state index is 11.8. The van der Waals surface area contributed by atoms with E-state index in [1.54, 1.807) is 20.8 Å². The number of hydrogen-bond acceptors (Lipinski definition) is 6. The molecular formula is C13H24N4O5. The monoisotopic (exact) mass is 316 g/mol. The molecule has 1 aliphatic heterocycles. The maximum absolute atomic E-state index is 11.8. The molecule has 22 heavy (non-hydrogen) atoms. The zero-order chi connectivity index (χ0) is 16.9. The van der Waals surface area contributed by atoms with E-state index in [0.717, 1.165) is 0 Å². The van der Waals surface area contributed by atoms with Gasteiger partial charge in [0.15, 0.2) is 0 Å². The average Bonchev–Trinajstić information content (AvgIpc) is 2.36. The lowest BCUT2D eigenvalue weighted by Gasteiger charge is -2.38. The van der Waals surface area contributed by atoms with Gasteiger partial charge in [0.05, 0.1) is 12.5 Å². The van der Waals surface area contributed by atoms with Crippen LogP contribution in [0.3, 0.4) is 0 Å². The first-order chi connectivity index (χ1) is 10.1. The molecule has 1 aliphatic rings. The van der Waals surface area contributed by atoms with E-state index in [-0.39, 0.29) is 12.3 Å². The van der Waals surface area contributed by atoms with Crippen LogP contribution in [0, 0.1) is 0 Å². The van der Waals surface area contributed by atoms with Crippen molar-refractivity contribution in [1.29, 1.82) is 0 Å². The molecule has 0 aromatic heterocycles. The van der Waals surface area contributed by atoms with Gasteiger partial charge in [-0.15, -0.1) is 0 Å². The lowest BCUT2D eigenvalue weighted by Crippen LogP contribution is -2.60. The van der Waals surface area contributed by atoms with Crippen molar-refractivity contribution in [3.8, 4) is 0 Å². The van der Waals surface area contributed by atoms with Crippen LogP contribution in [-0.4, -0.2) is 58.9 Å². The first-order valence-corrected chi connectivity index (χ1v) is 7.06. The molecule has 1 rings (SSSR count). The minimum Gasteiger partial charge on any atom is -0.443 e. The van der Waals surface area contributed by atoms with Crippen molar-refractivity contribution in [2.45, 2.75) is 52.0 Å². The Labute approximate surface area is 129 Å². The van der Waals surface area contributed by atoms with Crippen LogP contribution < -0.4 is 16.2 Å². The van der Waals surface area contributed by atoms with Gasteiger partial charge in [0.2, 0.25) is 11.8 Å². The van der Waals surface area contributed by atoms with Crippen LogP contribution in [0.2, 0.25) is 0 Å². The van der Waals surface area contributed by atoms with E-state index in [1.807, 2.05) is 0 Å². The predicted octanol–water partition coefficient (Wildman–Crippen LogP) is -0.929. The number of nitrogens with one attached hydrogen (secondary N) is 3. The van der Waals surface area contributed by atoms with Gasteiger partial charge in [0.25, 0.3) is 0 Å². The summed E-state index contributed by atoms with van der Waals surface area (Å²) in [7, 11) is 0. The standard InChI is InChI=1S/C13H24N4O5/c1-8(18)17-6-5-14-11(20)9(17)7-10(19)15-16-12(21)22-13(2,3)4/h9,11,14,20H,5-7H2,1-4H3,(H,15,19)(H,16,21). The molecule has 0 radical (unpaired) electrons. The molecule has 1 saturated heterocycles. The number of piperazine rings is 1. The third-order valence-electron chi connectivity index (χ3n) is 2.97. The summed E-state index contributed by atoms with van der Waals surface area (Å²) >= 11 is 0. The molecule has 0 aliphatic carbocycles. The Morgan fingerprint density at radius 1 is 1.32 bits per heavy atom. The first-order valence-electron chi connectivity index (χ1n) is 7.06. The Morgan fingerprint density at radius 3 is 2.50 bits per heavy atom. The molecule has 1 heterocycles. The van der Waals surface area contributed by atoms with Crippen molar-refractivity contribution in [2.24, 2.45) is 0 Å². The fraction of sp³-hybridized carbons (Fsp3) is 0.769. The summed E-state index contributed by atoms with van der Waals surface area (Å²) in [5.41, 5.74) is 3.64. The molecule has 0 aromatic rings. The van der Waals surface area contributed by atoms with Crippen molar-refractivity contribution in [2.75, 3.05) is 13.1 Å². The number of hydrogen-bond donors (Lipinski definition) is 4. The quantitative estimate of drug-likeness (QED) is 0.489. The molecule has 4 N–H and O–H groups in total. The number of aliphatic hydroxyl groups excluding tert-OH is 1. The molecule has 1 fully saturated rings. The average molecular weight is 316 g/mol. The van der Waals surface area contributed by atoms with Crippen LogP contribution in [0.1, 0.15) is 34.1 Å². The fourth-order valence-electron chi connectivity index (χ4n) is 2.08. The van der Waals surface area contributed by atoms with E-state index < -0.39 is 29.9 Å². The van der Waals surface area contributed by atoms with Crippen molar-refractivity contribution < 1.29 is 24.2 Å². The highest BCUT2D eigenvalue weighted by molar-refractivity contribution is 5.81. The molecule has 0 spiro atoms. The van der Waals surface area contributed by atoms with Crippen LogP contribution in [-0.2, 0) is 14.3 Å². The number of hydrazine groups is 1. The second kappa shape index (κ2) is 7.41. The summed E-state index contributed by atoms with van der Waals surface area (Å²) in [6.45, 7) is 7.33. The van der Waals surface area contributed by atoms with Gasteiger partial charge in [-0.25, -0.2) is 10.2 Å². The van der Waals surface area contributed by atoms with Crippen LogP contribution in [0.15, 0.2) is 0 Å². The van der Waals surface area contributed by atoms with E-state index in [9.17, 15) is 19.5 Å². The van der Waals surface area contributed by atoms with Crippen LogP contribution in [0.4, 0.5) is 4.79 Å². The second-order valence-corrected chi connectivity index (χ2v) is 6.06. The van der Waals surface area contributed by atoms with Crippen molar-refractivity contribution >= 4 is 17.9 Å². The number of rotatable bonds is 2. The molecule has 0 bridgehead atoms. The lowest BCUT2D eigenvalue weighted by atomic mass is 10.1. The van der Waals surface area contributed by atoms with Gasteiger partial charge in [-0.05, 0) is 20.8 Å². The third kappa shape index (κ3) is 5.86. The molecule has 9 heteroatoms. The van der Waals surface area contributed by atoms with Crippen molar-refractivity contribution in [3.05, 3.63) is 0 Å². The Bertz CT molecular complexity index is 435. The SMILES string of the molecule is CC(=O)N1CCNC(O)C1CC(=O)NNC(=O)OC(C)(C)C. The molecule has 0 aromatic carbocycles. The Hall–Kier alpha value is -1.87. The summed E-state index contributed by atoms with van der Waals surface area (Å²) in [4.78, 5) is 36.2. The summed E-state index contributed by atoms with van der Waals surface area (Å²) in [6.07, 6.45) is -1.93. The fourth-order valence-corrected chi connectivity index (χ4v) is 2.08. The van der Waals surface area contributed by atoms with E-state index in [0.29, 0.717) is 13.1 Å². The summed E-state index contributed by atoms with van der Waals surface area (Å²) < 4.78 is 4.97. The van der Waals surface area contributed by atoms with E-state index >= 15 is 0 Å². The highest BCUT2D eigenvalue weighted by Gasteiger charge is 2.33. The smallest absolute Gasteiger partial charge is 0.426 e. The summed E-state index contributed by atoms with van der Waals surface area (Å²) in [5, 5.41) is 12.7. The first kappa shape index (κ1) is 18.2. The molecular weight excluding hydrogens is 292 g/mol. The zero-order valence-corrected chi connectivity index (χ0v) is 13.3. The zero-order valence-electron chi connectivity index (χ0n) is 13.3. The lowest BCUT2D eigenvalue weighted by molar-refractivity contribution is -0.139. The van der Waals surface area contributed by atoms with Gasteiger partial charge < -0.3 is 14.7 Å². The van der Waals surface area contributed by atoms with Crippen molar-refractivity contribution in [1.82, 2.24) is 21.1 Å². The summed E-state index contributed by atoms with van der Waals surface area (Å²) in [5.74, 6) is -0.761. The van der Waals surface area contributed by atoms with Gasteiger partial charge in [-0.1, -0.05) is 0 Å². The van der Waals surface area contributed by atoms with Crippen LogP contribution >= 0.6 is 0 Å². The van der Waals surface area contributed by atoms with Crippen molar-refractivity contribution in [3.63, 3.8) is 0 Å². The number of amides is 3. The Kier molecular flexibility index (Phi) is 6.12. The highest BCUT2D eigenvalue weighted by atomic mass is 16.6. The van der Waals surface area contributed by atoms with E-state index in [2.05, 4.69) is 16.2 Å². The number of carbonyl (C=O) groups is 3. The Balaban J connectivity index is 2.49. The van der Waals surface area contributed by atoms with Gasteiger partial charge in [-0.3, -0.25) is 20.3 Å². The van der Waals surface area contributed by atoms with Crippen LogP contribution in [0.5, 0.6) is 0 Å². The minimum absolute atomic E-state index is 0.149. The van der Waals surface area contributed by atoms with Crippen LogP contribution in [0.25, 0.3) is 0 Å². The largest absolute Gasteiger partial charge is 0.443 e. The number of nitrogens with zero attached hydrogens (tertiary/aromatic N) is 1. The normalized spacial score (nSPS) is 22.0. The van der Waals surface area contributed by atoms with E-state index in [4.69, 9.17) is 4.74 Å². The molecule has 126 valence electrons. The minimum atomic E-state index is -0.995. The number of carbonyl (C=O) groups excluding carboxylic acids is 3. The maximum Gasteiger partial charge on any atom is 0.426 e. The molecule has 2 atom stereocenters. The second-order valence-electron chi connectivity index (χ2n) is 6.06. The molecule has 9 nitrogen and oxygen atoms in total. The molecule has 3 amide bonds. The topological polar surface area (TPSA) is 120 Å². The van der Waals surface area contributed by atoms with Gasteiger partial charge in [-0.2, -0.15) is 0 Å². The molecule has 0 saturated carbocycles. The predicted molar refractivity (Wildman–Crippen MR) is 77.3 cm³/mol.